The lowest BCUT2D eigenvalue weighted by Gasteiger charge is -2.03. The van der Waals surface area contributed by atoms with E-state index >= 15 is 0 Å². The van der Waals surface area contributed by atoms with Gasteiger partial charge in [0.15, 0.2) is 17.4 Å². The van der Waals surface area contributed by atoms with Gasteiger partial charge in [-0.25, -0.2) is 9.97 Å². The number of carbonyl (C=O) groups excluding carboxylic acids is 2. The first-order valence-electron chi connectivity index (χ1n) is 6.07. The molecule has 1 aromatic carbocycles. The molecule has 0 atom stereocenters. The van der Waals surface area contributed by atoms with Gasteiger partial charge in [-0.1, -0.05) is 24.3 Å². The third-order valence-corrected chi connectivity index (χ3v) is 2.84. The van der Waals surface area contributed by atoms with Crippen LogP contribution in [0.15, 0.2) is 42.7 Å². The van der Waals surface area contributed by atoms with Gasteiger partial charge in [-0.15, -0.1) is 0 Å². The standard InChI is InChI=1S/C15H14N2O2/c1-11-5-2-3-6-12(11)13(18)7-8-14(19)15-16-9-4-10-17-15/h2-6,9-10H,7-8H2,1H3. The molecule has 0 fully saturated rings. The third kappa shape index (κ3) is 3.31. The summed E-state index contributed by atoms with van der Waals surface area (Å²) in [7, 11) is 0. The van der Waals surface area contributed by atoms with Crippen molar-refractivity contribution in [2.24, 2.45) is 0 Å². The summed E-state index contributed by atoms with van der Waals surface area (Å²) in [6.45, 7) is 1.88. The van der Waals surface area contributed by atoms with E-state index in [9.17, 15) is 9.59 Å². The van der Waals surface area contributed by atoms with E-state index in [-0.39, 0.29) is 30.2 Å². The fraction of sp³-hybridized carbons (Fsp3) is 0.200. The first-order valence-corrected chi connectivity index (χ1v) is 6.07. The maximum absolute atomic E-state index is 12.0. The van der Waals surface area contributed by atoms with Gasteiger partial charge in [0.1, 0.15) is 0 Å². The van der Waals surface area contributed by atoms with E-state index in [2.05, 4.69) is 9.97 Å². The van der Waals surface area contributed by atoms with Gasteiger partial charge in [0, 0.05) is 30.8 Å². The Kier molecular flexibility index (Phi) is 4.13. The largest absolute Gasteiger partial charge is 0.294 e. The predicted molar refractivity (Wildman–Crippen MR) is 71.1 cm³/mol. The molecule has 0 unspecified atom stereocenters. The van der Waals surface area contributed by atoms with E-state index in [1.54, 1.807) is 12.1 Å². The molecule has 1 aromatic heterocycles. The van der Waals surface area contributed by atoms with E-state index in [4.69, 9.17) is 0 Å². The average molecular weight is 254 g/mol. The number of aryl methyl sites for hydroxylation is 1. The Bertz CT molecular complexity index is 594. The topological polar surface area (TPSA) is 59.9 Å². The lowest BCUT2D eigenvalue weighted by molar-refractivity contribution is 0.0911. The molecule has 0 aliphatic rings. The number of ketones is 2. The van der Waals surface area contributed by atoms with Gasteiger partial charge >= 0.3 is 0 Å². The number of hydrogen-bond acceptors (Lipinski definition) is 4. The fourth-order valence-electron chi connectivity index (χ4n) is 1.80. The second kappa shape index (κ2) is 6.00. The van der Waals surface area contributed by atoms with Gasteiger partial charge in [0.05, 0.1) is 0 Å². The number of carbonyl (C=O) groups is 2. The molecule has 0 bridgehead atoms. The number of benzene rings is 1. The molecule has 2 aromatic rings. The summed E-state index contributed by atoms with van der Waals surface area (Å²) in [6, 6.07) is 9.02. The van der Waals surface area contributed by atoms with E-state index in [0.29, 0.717) is 5.56 Å². The third-order valence-electron chi connectivity index (χ3n) is 2.84. The molecule has 0 saturated carbocycles. The Balaban J connectivity index is 1.98. The van der Waals surface area contributed by atoms with E-state index in [1.807, 2.05) is 25.1 Å². The molecule has 0 N–H and O–H groups in total. The van der Waals surface area contributed by atoms with Crippen LogP contribution >= 0.6 is 0 Å². The van der Waals surface area contributed by atoms with Crippen molar-refractivity contribution in [3.63, 3.8) is 0 Å². The van der Waals surface area contributed by atoms with Gasteiger partial charge in [-0.3, -0.25) is 9.59 Å². The Morgan fingerprint density at radius 2 is 1.58 bits per heavy atom. The van der Waals surface area contributed by atoms with Crippen LogP contribution in [0.2, 0.25) is 0 Å². The van der Waals surface area contributed by atoms with Crippen LogP contribution in [0.25, 0.3) is 0 Å². The van der Waals surface area contributed by atoms with Crippen molar-refractivity contribution in [1.82, 2.24) is 9.97 Å². The zero-order chi connectivity index (χ0) is 13.7. The molecule has 4 heteroatoms. The number of Topliss-reactive ketones (excluding diaryl/α,β-unsaturated/α-hetero) is 2. The lowest BCUT2D eigenvalue weighted by Crippen LogP contribution is -2.09. The number of rotatable bonds is 5. The summed E-state index contributed by atoms with van der Waals surface area (Å²) in [5.74, 6) is -0.0648. The normalized spacial score (nSPS) is 10.2. The van der Waals surface area contributed by atoms with Crippen LogP contribution in [0.3, 0.4) is 0 Å². The predicted octanol–water partition coefficient (Wildman–Crippen LogP) is 2.63. The minimum Gasteiger partial charge on any atom is -0.294 e. The summed E-state index contributed by atoms with van der Waals surface area (Å²) < 4.78 is 0. The molecule has 0 spiro atoms. The summed E-state index contributed by atoms with van der Waals surface area (Å²) in [5.41, 5.74) is 1.60. The van der Waals surface area contributed by atoms with Crippen molar-refractivity contribution in [1.29, 1.82) is 0 Å². The molecule has 96 valence electrons. The fourth-order valence-corrected chi connectivity index (χ4v) is 1.80. The molecule has 4 nitrogen and oxygen atoms in total. The van der Waals surface area contributed by atoms with Crippen LogP contribution < -0.4 is 0 Å². The van der Waals surface area contributed by atoms with Crippen LogP contribution in [0.4, 0.5) is 0 Å². The van der Waals surface area contributed by atoms with Crippen molar-refractivity contribution in [2.45, 2.75) is 19.8 Å². The summed E-state index contributed by atoms with van der Waals surface area (Å²) in [5, 5.41) is 0. The molecule has 0 radical (unpaired) electrons. The average Bonchev–Trinajstić information content (AvgIpc) is 2.46. The van der Waals surface area contributed by atoms with E-state index < -0.39 is 0 Å². The molecule has 0 aliphatic heterocycles. The summed E-state index contributed by atoms with van der Waals surface area (Å²) in [4.78, 5) is 31.5. The van der Waals surface area contributed by atoms with Crippen molar-refractivity contribution in [3.8, 4) is 0 Å². The maximum atomic E-state index is 12.0. The molecular formula is C15H14N2O2. The van der Waals surface area contributed by atoms with Crippen molar-refractivity contribution >= 4 is 11.6 Å². The Morgan fingerprint density at radius 3 is 2.26 bits per heavy atom. The zero-order valence-electron chi connectivity index (χ0n) is 10.7. The van der Waals surface area contributed by atoms with Gasteiger partial charge in [0.25, 0.3) is 0 Å². The second-order valence-electron chi connectivity index (χ2n) is 4.23. The summed E-state index contributed by atoms with van der Waals surface area (Å²) >= 11 is 0. The molecule has 19 heavy (non-hydrogen) atoms. The highest BCUT2D eigenvalue weighted by Gasteiger charge is 2.13. The van der Waals surface area contributed by atoms with Crippen LogP contribution in [-0.4, -0.2) is 21.5 Å². The quantitative estimate of drug-likeness (QED) is 0.769. The maximum Gasteiger partial charge on any atom is 0.200 e. The van der Waals surface area contributed by atoms with Crippen LogP contribution in [0.1, 0.15) is 39.4 Å². The Morgan fingerprint density at radius 1 is 0.947 bits per heavy atom. The van der Waals surface area contributed by atoms with Crippen molar-refractivity contribution < 1.29 is 9.59 Å². The molecule has 0 aliphatic carbocycles. The smallest absolute Gasteiger partial charge is 0.200 e. The number of hydrogen-bond donors (Lipinski definition) is 0. The Hall–Kier alpha value is -2.36. The van der Waals surface area contributed by atoms with Crippen molar-refractivity contribution in [2.75, 3.05) is 0 Å². The minimum atomic E-state index is -0.206. The molecule has 1 heterocycles. The molecule has 0 saturated heterocycles. The minimum absolute atomic E-state index is 0.0256. The molecule has 2 rings (SSSR count). The van der Waals surface area contributed by atoms with E-state index in [1.165, 1.54) is 12.4 Å². The first kappa shape index (κ1) is 13.1. The van der Waals surface area contributed by atoms with Gasteiger partial charge in [-0.2, -0.15) is 0 Å². The van der Waals surface area contributed by atoms with Gasteiger partial charge < -0.3 is 0 Å². The van der Waals surface area contributed by atoms with E-state index in [0.717, 1.165) is 5.56 Å². The highest BCUT2D eigenvalue weighted by molar-refractivity contribution is 6.01. The van der Waals surface area contributed by atoms with Gasteiger partial charge in [0.2, 0.25) is 0 Å². The second-order valence-corrected chi connectivity index (χ2v) is 4.23. The molecular weight excluding hydrogens is 240 g/mol. The highest BCUT2D eigenvalue weighted by Crippen LogP contribution is 2.11. The molecule has 0 amide bonds. The lowest BCUT2D eigenvalue weighted by atomic mass is 10.0. The monoisotopic (exact) mass is 254 g/mol. The first-order chi connectivity index (χ1) is 9.18. The Labute approximate surface area is 111 Å². The van der Waals surface area contributed by atoms with Crippen LogP contribution in [0.5, 0.6) is 0 Å². The number of nitrogens with zero attached hydrogens (tertiary/aromatic N) is 2. The number of aromatic nitrogens is 2. The van der Waals surface area contributed by atoms with Crippen molar-refractivity contribution in [3.05, 3.63) is 59.7 Å². The highest BCUT2D eigenvalue weighted by atomic mass is 16.1. The summed E-state index contributed by atoms with van der Waals surface area (Å²) in [6.07, 6.45) is 3.35. The van der Waals surface area contributed by atoms with Crippen LogP contribution in [0, 0.1) is 6.92 Å². The SMILES string of the molecule is Cc1ccccc1C(=O)CCC(=O)c1ncccn1. The van der Waals surface area contributed by atoms with Gasteiger partial charge in [-0.05, 0) is 18.6 Å². The van der Waals surface area contributed by atoms with Crippen LogP contribution in [-0.2, 0) is 0 Å². The zero-order valence-corrected chi connectivity index (χ0v) is 10.7.